The molecule has 5 heteroatoms. The first-order chi connectivity index (χ1) is 9.06. The Bertz CT molecular complexity index is 271. The molecule has 0 bridgehead atoms. The lowest BCUT2D eigenvalue weighted by molar-refractivity contribution is 0.0459. The van der Waals surface area contributed by atoms with Gasteiger partial charge in [0.1, 0.15) is 0 Å². The van der Waals surface area contributed by atoms with Crippen molar-refractivity contribution in [3.8, 4) is 0 Å². The molecule has 0 spiro atoms. The summed E-state index contributed by atoms with van der Waals surface area (Å²) in [6.45, 7) is 8.98. The van der Waals surface area contributed by atoms with E-state index in [0.29, 0.717) is 6.61 Å². The normalized spacial score (nSPS) is 25.9. The van der Waals surface area contributed by atoms with Crippen molar-refractivity contribution in [1.82, 2.24) is 10.2 Å². The lowest BCUT2D eigenvalue weighted by Crippen LogP contribution is -2.52. The number of piperidine rings is 1. The van der Waals surface area contributed by atoms with Gasteiger partial charge in [0.15, 0.2) is 0 Å². The molecule has 3 unspecified atom stereocenters. The molecule has 1 amide bonds. The number of aliphatic hydroxyl groups excluding tert-OH is 1. The maximum absolute atomic E-state index is 11.5. The van der Waals surface area contributed by atoms with E-state index in [-0.39, 0.29) is 24.2 Å². The van der Waals surface area contributed by atoms with Gasteiger partial charge in [0.25, 0.3) is 0 Å². The summed E-state index contributed by atoms with van der Waals surface area (Å²) in [5.41, 5.74) is 0. The number of ether oxygens (including phenoxy) is 1. The minimum Gasteiger partial charge on any atom is -0.450 e. The number of aliphatic hydroxyl groups is 1. The highest BCUT2D eigenvalue weighted by Gasteiger charge is 2.30. The first-order valence-corrected chi connectivity index (χ1v) is 7.40. The molecular formula is C14H28N2O3. The summed E-state index contributed by atoms with van der Waals surface area (Å²) in [6.07, 6.45) is 2.44. The van der Waals surface area contributed by atoms with Crippen molar-refractivity contribution < 1.29 is 14.6 Å². The highest BCUT2D eigenvalue weighted by Crippen LogP contribution is 2.20. The van der Waals surface area contributed by atoms with Crippen LogP contribution >= 0.6 is 0 Å². The molecule has 1 aliphatic heterocycles. The lowest BCUT2D eigenvalue weighted by Gasteiger charge is -2.39. The maximum Gasteiger partial charge on any atom is 0.407 e. The van der Waals surface area contributed by atoms with Gasteiger partial charge in [-0.15, -0.1) is 0 Å². The molecule has 3 atom stereocenters. The highest BCUT2D eigenvalue weighted by atomic mass is 16.5. The number of carbonyl (C=O) groups excluding carboxylic acids is 1. The first kappa shape index (κ1) is 16.2. The van der Waals surface area contributed by atoms with Crippen molar-refractivity contribution in [2.75, 3.05) is 26.2 Å². The summed E-state index contributed by atoms with van der Waals surface area (Å²) in [5.74, 6) is 0.220. The van der Waals surface area contributed by atoms with Gasteiger partial charge in [-0.05, 0) is 39.2 Å². The summed E-state index contributed by atoms with van der Waals surface area (Å²) >= 11 is 0. The van der Waals surface area contributed by atoms with Crippen LogP contribution in [0.2, 0.25) is 0 Å². The molecule has 1 heterocycles. The molecule has 19 heavy (non-hydrogen) atoms. The van der Waals surface area contributed by atoms with E-state index in [9.17, 15) is 9.90 Å². The van der Waals surface area contributed by atoms with Crippen LogP contribution in [0.25, 0.3) is 0 Å². The Hall–Kier alpha value is -0.810. The standard InChI is InChI=1S/C14H28N2O3/c1-4-6-7-16-9-12(11(3)17)8-13(10-16)15-14(18)19-5-2/h11-13,17H,4-10H2,1-3H3,(H,15,18). The topological polar surface area (TPSA) is 61.8 Å². The van der Waals surface area contributed by atoms with Gasteiger partial charge >= 0.3 is 6.09 Å². The fourth-order valence-corrected chi connectivity index (χ4v) is 2.59. The number of amides is 1. The zero-order valence-corrected chi connectivity index (χ0v) is 12.4. The van der Waals surface area contributed by atoms with Crippen LogP contribution in [0, 0.1) is 5.92 Å². The predicted octanol–water partition coefficient (Wildman–Crippen LogP) is 1.60. The third-order valence-corrected chi connectivity index (χ3v) is 3.67. The average Bonchev–Trinajstić information content (AvgIpc) is 2.36. The number of likely N-dealkylation sites (tertiary alicyclic amines) is 1. The molecular weight excluding hydrogens is 244 g/mol. The number of hydrogen-bond acceptors (Lipinski definition) is 4. The molecule has 0 aliphatic carbocycles. The minimum absolute atomic E-state index is 0.0734. The molecule has 5 nitrogen and oxygen atoms in total. The molecule has 1 rings (SSSR count). The van der Waals surface area contributed by atoms with E-state index in [0.717, 1.165) is 38.9 Å². The summed E-state index contributed by atoms with van der Waals surface area (Å²) < 4.78 is 4.93. The van der Waals surface area contributed by atoms with E-state index in [1.807, 2.05) is 6.92 Å². The van der Waals surface area contributed by atoms with E-state index in [1.54, 1.807) is 6.92 Å². The average molecular weight is 272 g/mol. The van der Waals surface area contributed by atoms with Crippen molar-refractivity contribution >= 4 is 6.09 Å². The molecule has 0 aromatic carbocycles. The van der Waals surface area contributed by atoms with Crippen LogP contribution < -0.4 is 5.32 Å². The maximum atomic E-state index is 11.5. The Morgan fingerprint density at radius 2 is 2.21 bits per heavy atom. The molecule has 0 saturated carbocycles. The number of alkyl carbamates (subject to hydrolysis) is 1. The van der Waals surface area contributed by atoms with Gasteiger partial charge in [0.2, 0.25) is 0 Å². The first-order valence-electron chi connectivity index (χ1n) is 7.40. The van der Waals surface area contributed by atoms with Gasteiger partial charge in [-0.2, -0.15) is 0 Å². The van der Waals surface area contributed by atoms with Gasteiger partial charge in [-0.3, -0.25) is 0 Å². The SMILES string of the molecule is CCCCN1CC(NC(=O)OCC)CC(C(C)O)C1. The largest absolute Gasteiger partial charge is 0.450 e. The number of rotatable bonds is 6. The van der Waals surface area contributed by atoms with E-state index in [1.165, 1.54) is 0 Å². The van der Waals surface area contributed by atoms with E-state index >= 15 is 0 Å². The smallest absolute Gasteiger partial charge is 0.407 e. The summed E-state index contributed by atoms with van der Waals surface area (Å²) in [5, 5.41) is 12.7. The Morgan fingerprint density at radius 1 is 1.47 bits per heavy atom. The zero-order valence-electron chi connectivity index (χ0n) is 12.4. The number of hydrogen-bond donors (Lipinski definition) is 2. The highest BCUT2D eigenvalue weighted by molar-refractivity contribution is 5.67. The molecule has 0 aromatic rings. The molecule has 0 radical (unpaired) electrons. The second-order valence-electron chi connectivity index (χ2n) is 5.41. The van der Waals surface area contributed by atoms with Crippen molar-refractivity contribution in [2.45, 2.75) is 52.2 Å². The number of carbonyl (C=O) groups is 1. The molecule has 112 valence electrons. The Labute approximate surface area is 116 Å². The van der Waals surface area contributed by atoms with Gasteiger partial charge in [0, 0.05) is 19.1 Å². The lowest BCUT2D eigenvalue weighted by atomic mass is 9.90. The Balaban J connectivity index is 2.51. The van der Waals surface area contributed by atoms with Gasteiger partial charge < -0.3 is 20.1 Å². The Kier molecular flexibility index (Phi) is 7.16. The second-order valence-corrected chi connectivity index (χ2v) is 5.41. The van der Waals surface area contributed by atoms with Crippen LogP contribution in [0.5, 0.6) is 0 Å². The van der Waals surface area contributed by atoms with E-state index in [2.05, 4.69) is 17.1 Å². The van der Waals surface area contributed by atoms with Crippen molar-refractivity contribution in [3.05, 3.63) is 0 Å². The van der Waals surface area contributed by atoms with E-state index in [4.69, 9.17) is 4.74 Å². The van der Waals surface area contributed by atoms with Crippen molar-refractivity contribution in [1.29, 1.82) is 0 Å². The molecule has 1 fully saturated rings. The summed E-state index contributed by atoms with van der Waals surface area (Å²) in [6, 6.07) is 0.0734. The van der Waals surface area contributed by atoms with Crippen LogP contribution in [0.3, 0.4) is 0 Å². The third-order valence-electron chi connectivity index (χ3n) is 3.67. The van der Waals surface area contributed by atoms with Crippen molar-refractivity contribution in [3.63, 3.8) is 0 Å². The minimum atomic E-state index is -0.353. The van der Waals surface area contributed by atoms with Gasteiger partial charge in [0.05, 0.1) is 12.7 Å². The van der Waals surface area contributed by atoms with Gasteiger partial charge in [-0.1, -0.05) is 13.3 Å². The van der Waals surface area contributed by atoms with Crippen molar-refractivity contribution in [2.24, 2.45) is 5.92 Å². The van der Waals surface area contributed by atoms with E-state index < -0.39 is 0 Å². The van der Waals surface area contributed by atoms with Crippen LogP contribution in [0.1, 0.15) is 40.0 Å². The summed E-state index contributed by atoms with van der Waals surface area (Å²) in [7, 11) is 0. The number of nitrogens with zero attached hydrogens (tertiary/aromatic N) is 1. The zero-order chi connectivity index (χ0) is 14.3. The predicted molar refractivity (Wildman–Crippen MR) is 75.1 cm³/mol. The third kappa shape index (κ3) is 5.78. The monoisotopic (exact) mass is 272 g/mol. The Morgan fingerprint density at radius 3 is 2.79 bits per heavy atom. The molecule has 0 aromatic heterocycles. The second kappa shape index (κ2) is 8.38. The number of nitrogens with one attached hydrogen (secondary N) is 1. The summed E-state index contributed by atoms with van der Waals surface area (Å²) in [4.78, 5) is 13.8. The number of unbranched alkanes of at least 4 members (excludes halogenated alkanes) is 1. The molecule has 1 aliphatic rings. The quantitative estimate of drug-likeness (QED) is 0.771. The fourth-order valence-electron chi connectivity index (χ4n) is 2.59. The van der Waals surface area contributed by atoms with Crippen LogP contribution in [0.15, 0.2) is 0 Å². The molecule has 2 N–H and O–H groups in total. The van der Waals surface area contributed by atoms with Crippen LogP contribution in [-0.4, -0.2) is 54.5 Å². The van der Waals surface area contributed by atoms with Crippen LogP contribution in [-0.2, 0) is 4.74 Å². The molecule has 1 saturated heterocycles. The fraction of sp³-hybridized carbons (Fsp3) is 0.929. The van der Waals surface area contributed by atoms with Crippen LogP contribution in [0.4, 0.5) is 4.79 Å². The van der Waals surface area contributed by atoms with Gasteiger partial charge in [-0.25, -0.2) is 4.79 Å².